The lowest BCUT2D eigenvalue weighted by molar-refractivity contribution is -0.137. The zero-order valence-electron chi connectivity index (χ0n) is 10.1. The van der Waals surface area contributed by atoms with Gasteiger partial charge in [-0.25, -0.2) is 0 Å². The molecule has 2 unspecified atom stereocenters. The molecule has 6 heteroatoms. The highest BCUT2D eigenvalue weighted by Crippen LogP contribution is 2.34. The molecule has 0 fully saturated rings. The van der Waals surface area contributed by atoms with Crippen LogP contribution >= 0.6 is 15.9 Å². The van der Waals surface area contributed by atoms with Crippen molar-refractivity contribution >= 4 is 21.6 Å². The molecule has 2 nitrogen and oxygen atoms in total. The molecule has 1 aromatic carbocycles. The van der Waals surface area contributed by atoms with Crippen molar-refractivity contribution in [2.75, 3.05) is 5.32 Å². The Morgan fingerprint density at radius 2 is 1.94 bits per heavy atom. The van der Waals surface area contributed by atoms with E-state index in [1.54, 1.807) is 6.92 Å². The number of hydrogen-bond donors (Lipinski definition) is 2. The summed E-state index contributed by atoms with van der Waals surface area (Å²) >= 11 is 3.11. The van der Waals surface area contributed by atoms with Crippen LogP contribution in [0, 0.1) is 0 Å². The van der Waals surface area contributed by atoms with E-state index in [4.69, 9.17) is 0 Å². The van der Waals surface area contributed by atoms with E-state index < -0.39 is 17.8 Å². The smallest absolute Gasteiger partial charge is 0.393 e. The molecule has 18 heavy (non-hydrogen) atoms. The van der Waals surface area contributed by atoms with Gasteiger partial charge in [-0.15, -0.1) is 0 Å². The molecular weight excluding hydrogens is 311 g/mol. The first-order chi connectivity index (χ1) is 8.20. The number of benzene rings is 1. The maximum atomic E-state index is 12.5. The molecule has 0 saturated carbocycles. The van der Waals surface area contributed by atoms with Gasteiger partial charge in [0.2, 0.25) is 0 Å². The molecule has 1 rings (SSSR count). The summed E-state index contributed by atoms with van der Waals surface area (Å²) in [5, 5.41) is 12.3. The number of hydrogen-bond acceptors (Lipinski definition) is 2. The Kier molecular flexibility index (Phi) is 5.04. The molecule has 0 aromatic heterocycles. The van der Waals surface area contributed by atoms with Crippen molar-refractivity contribution < 1.29 is 18.3 Å². The predicted octanol–water partition coefficient (Wildman–Crippen LogP) is 4.04. The summed E-state index contributed by atoms with van der Waals surface area (Å²) < 4.78 is 37.7. The van der Waals surface area contributed by atoms with Crippen LogP contribution in [0.25, 0.3) is 0 Å². The quantitative estimate of drug-likeness (QED) is 0.875. The van der Waals surface area contributed by atoms with Gasteiger partial charge in [0.25, 0.3) is 0 Å². The van der Waals surface area contributed by atoms with E-state index in [-0.39, 0.29) is 6.04 Å². The zero-order valence-corrected chi connectivity index (χ0v) is 11.6. The summed E-state index contributed by atoms with van der Waals surface area (Å²) in [4.78, 5) is 0. The van der Waals surface area contributed by atoms with E-state index in [0.717, 1.165) is 12.1 Å². The number of rotatable bonds is 4. The number of anilines is 1. The molecule has 0 radical (unpaired) electrons. The normalized spacial score (nSPS) is 15.3. The van der Waals surface area contributed by atoms with Crippen LogP contribution in [0.5, 0.6) is 0 Å². The van der Waals surface area contributed by atoms with Gasteiger partial charge < -0.3 is 10.4 Å². The summed E-state index contributed by atoms with van der Waals surface area (Å²) in [7, 11) is 0. The molecule has 102 valence electrons. The van der Waals surface area contributed by atoms with Crippen molar-refractivity contribution in [3.05, 3.63) is 28.2 Å². The van der Waals surface area contributed by atoms with Crippen LogP contribution in [0.1, 0.15) is 25.8 Å². The van der Waals surface area contributed by atoms with Gasteiger partial charge in [0.15, 0.2) is 0 Å². The Bertz CT molecular complexity index is 407. The predicted molar refractivity (Wildman–Crippen MR) is 68.5 cm³/mol. The second kappa shape index (κ2) is 5.93. The largest absolute Gasteiger partial charge is 0.416 e. The summed E-state index contributed by atoms with van der Waals surface area (Å²) in [5.41, 5.74) is -0.112. The SMILES string of the molecule is CC(O)CC(C)Nc1ccc(C(F)(F)F)cc1Br. The molecular formula is C12H15BrF3NO. The van der Waals surface area contributed by atoms with Gasteiger partial charge in [0.05, 0.1) is 11.7 Å². The first-order valence-electron chi connectivity index (χ1n) is 5.51. The minimum Gasteiger partial charge on any atom is -0.393 e. The highest BCUT2D eigenvalue weighted by atomic mass is 79.9. The zero-order chi connectivity index (χ0) is 13.9. The lowest BCUT2D eigenvalue weighted by Crippen LogP contribution is -2.21. The minimum absolute atomic E-state index is 0.0296. The topological polar surface area (TPSA) is 32.3 Å². The molecule has 0 aliphatic rings. The highest BCUT2D eigenvalue weighted by Gasteiger charge is 2.30. The van der Waals surface area contributed by atoms with Gasteiger partial charge in [0.1, 0.15) is 0 Å². The molecule has 0 aliphatic heterocycles. The van der Waals surface area contributed by atoms with Crippen LogP contribution in [0.4, 0.5) is 18.9 Å². The second-order valence-electron chi connectivity index (χ2n) is 4.32. The van der Waals surface area contributed by atoms with Gasteiger partial charge in [-0.3, -0.25) is 0 Å². The Morgan fingerprint density at radius 1 is 1.33 bits per heavy atom. The molecule has 2 atom stereocenters. The third-order valence-electron chi connectivity index (χ3n) is 2.39. The summed E-state index contributed by atoms with van der Waals surface area (Å²) in [6.07, 6.45) is -4.28. The molecule has 0 heterocycles. The van der Waals surface area contributed by atoms with Crippen molar-refractivity contribution in [3.63, 3.8) is 0 Å². The molecule has 0 spiro atoms. The van der Waals surface area contributed by atoms with Crippen molar-refractivity contribution in [2.24, 2.45) is 0 Å². The number of alkyl halides is 3. The van der Waals surface area contributed by atoms with Gasteiger partial charge in [-0.1, -0.05) is 0 Å². The van der Waals surface area contributed by atoms with Crippen LogP contribution in [-0.4, -0.2) is 17.3 Å². The van der Waals surface area contributed by atoms with E-state index in [9.17, 15) is 18.3 Å². The van der Waals surface area contributed by atoms with Crippen LogP contribution < -0.4 is 5.32 Å². The molecule has 0 aliphatic carbocycles. The number of halogens is 4. The standard InChI is InChI=1S/C12H15BrF3NO/c1-7(5-8(2)18)17-11-4-3-9(6-10(11)13)12(14,15)16/h3-4,6-8,17-18H,5H2,1-2H3. The van der Waals surface area contributed by atoms with Gasteiger partial charge >= 0.3 is 6.18 Å². The van der Waals surface area contributed by atoms with Gasteiger partial charge in [-0.2, -0.15) is 13.2 Å². The number of aliphatic hydroxyl groups excluding tert-OH is 1. The first-order valence-corrected chi connectivity index (χ1v) is 6.31. The highest BCUT2D eigenvalue weighted by molar-refractivity contribution is 9.10. The van der Waals surface area contributed by atoms with Crippen LogP contribution in [0.15, 0.2) is 22.7 Å². The van der Waals surface area contributed by atoms with Gasteiger partial charge in [0, 0.05) is 16.2 Å². The lowest BCUT2D eigenvalue weighted by atomic mass is 10.1. The van der Waals surface area contributed by atoms with Crippen LogP contribution in [-0.2, 0) is 6.18 Å². The Morgan fingerprint density at radius 3 is 2.39 bits per heavy atom. The molecule has 1 aromatic rings. The molecule has 0 saturated heterocycles. The fraction of sp³-hybridized carbons (Fsp3) is 0.500. The van der Waals surface area contributed by atoms with Gasteiger partial charge in [-0.05, 0) is 54.4 Å². The Labute approximate surface area is 112 Å². The average molecular weight is 326 g/mol. The van der Waals surface area contributed by atoms with Crippen LogP contribution in [0.3, 0.4) is 0 Å². The number of aliphatic hydroxyl groups is 1. The second-order valence-corrected chi connectivity index (χ2v) is 5.18. The van der Waals surface area contributed by atoms with Crippen molar-refractivity contribution in [1.82, 2.24) is 0 Å². The summed E-state index contributed by atoms with van der Waals surface area (Å²) in [6.45, 7) is 3.52. The van der Waals surface area contributed by atoms with Crippen molar-refractivity contribution in [2.45, 2.75) is 38.6 Å². The summed E-state index contributed by atoms with van der Waals surface area (Å²) in [6, 6.07) is 3.42. The maximum Gasteiger partial charge on any atom is 0.416 e. The fourth-order valence-electron chi connectivity index (χ4n) is 1.64. The van der Waals surface area contributed by atoms with Crippen LogP contribution in [0.2, 0.25) is 0 Å². The number of nitrogens with one attached hydrogen (secondary N) is 1. The first kappa shape index (κ1) is 15.3. The molecule has 2 N–H and O–H groups in total. The molecule has 0 amide bonds. The third-order valence-corrected chi connectivity index (χ3v) is 3.05. The van der Waals surface area contributed by atoms with E-state index in [1.807, 2.05) is 6.92 Å². The Hall–Kier alpha value is -0.750. The maximum absolute atomic E-state index is 12.5. The van der Waals surface area contributed by atoms with Crippen molar-refractivity contribution in [1.29, 1.82) is 0 Å². The summed E-state index contributed by atoms with van der Waals surface area (Å²) in [5.74, 6) is 0. The minimum atomic E-state index is -4.34. The lowest BCUT2D eigenvalue weighted by Gasteiger charge is -2.18. The van der Waals surface area contributed by atoms with E-state index >= 15 is 0 Å². The third kappa shape index (κ3) is 4.49. The van der Waals surface area contributed by atoms with E-state index in [1.165, 1.54) is 6.07 Å². The average Bonchev–Trinajstić information content (AvgIpc) is 2.18. The monoisotopic (exact) mass is 325 g/mol. The van der Waals surface area contributed by atoms with E-state index in [0.29, 0.717) is 16.6 Å². The fourth-order valence-corrected chi connectivity index (χ4v) is 2.14. The van der Waals surface area contributed by atoms with Crippen molar-refractivity contribution in [3.8, 4) is 0 Å². The Balaban J connectivity index is 2.80. The van der Waals surface area contributed by atoms with E-state index in [2.05, 4.69) is 21.2 Å². The molecule has 0 bridgehead atoms.